The molecule has 1 heterocycles. The standard InChI is InChI=1S/C12H23N5S/c1-8(2)10-17-16-9(18-10)6-7-14-11(13)15-12(3,4)5/h8H,6-7H2,1-5H3,(H3,13,14,15). The van der Waals surface area contributed by atoms with Crippen molar-refractivity contribution in [3.63, 3.8) is 0 Å². The van der Waals surface area contributed by atoms with Crippen molar-refractivity contribution in [2.24, 2.45) is 10.7 Å². The van der Waals surface area contributed by atoms with E-state index in [2.05, 4.69) is 55.1 Å². The largest absolute Gasteiger partial charge is 0.370 e. The van der Waals surface area contributed by atoms with Gasteiger partial charge in [-0.3, -0.25) is 4.99 Å². The van der Waals surface area contributed by atoms with Crippen LogP contribution in [0.1, 0.15) is 50.6 Å². The summed E-state index contributed by atoms with van der Waals surface area (Å²) >= 11 is 1.65. The van der Waals surface area contributed by atoms with Crippen LogP contribution in [0.15, 0.2) is 4.99 Å². The highest BCUT2D eigenvalue weighted by Crippen LogP contribution is 2.18. The third-order valence-corrected chi connectivity index (χ3v) is 3.37. The van der Waals surface area contributed by atoms with Gasteiger partial charge in [-0.15, -0.1) is 21.5 Å². The number of nitrogens with zero attached hydrogens (tertiary/aromatic N) is 3. The first-order valence-corrected chi connectivity index (χ1v) is 7.00. The molecule has 0 atom stereocenters. The van der Waals surface area contributed by atoms with Crippen LogP contribution in [0.4, 0.5) is 0 Å². The van der Waals surface area contributed by atoms with Crippen molar-refractivity contribution in [3.05, 3.63) is 10.0 Å². The van der Waals surface area contributed by atoms with E-state index in [1.165, 1.54) is 0 Å². The summed E-state index contributed by atoms with van der Waals surface area (Å²) in [7, 11) is 0. The van der Waals surface area contributed by atoms with Crippen molar-refractivity contribution < 1.29 is 0 Å². The van der Waals surface area contributed by atoms with E-state index in [4.69, 9.17) is 5.73 Å². The van der Waals surface area contributed by atoms with E-state index in [9.17, 15) is 0 Å². The molecular weight excluding hydrogens is 246 g/mol. The van der Waals surface area contributed by atoms with Gasteiger partial charge in [0.25, 0.3) is 0 Å². The second-order valence-electron chi connectivity index (χ2n) is 5.58. The fourth-order valence-electron chi connectivity index (χ4n) is 1.30. The van der Waals surface area contributed by atoms with Crippen LogP contribution in [0, 0.1) is 0 Å². The van der Waals surface area contributed by atoms with E-state index in [0.29, 0.717) is 18.4 Å². The van der Waals surface area contributed by atoms with Gasteiger partial charge in [0.05, 0.1) is 0 Å². The van der Waals surface area contributed by atoms with Crippen molar-refractivity contribution in [2.75, 3.05) is 6.54 Å². The van der Waals surface area contributed by atoms with Crippen LogP contribution in [-0.4, -0.2) is 28.2 Å². The molecule has 0 amide bonds. The van der Waals surface area contributed by atoms with Gasteiger partial charge >= 0.3 is 0 Å². The summed E-state index contributed by atoms with van der Waals surface area (Å²) in [6.45, 7) is 11.0. The average molecular weight is 269 g/mol. The molecule has 5 nitrogen and oxygen atoms in total. The van der Waals surface area contributed by atoms with Gasteiger partial charge in [-0.2, -0.15) is 0 Å². The Morgan fingerprint density at radius 2 is 2.06 bits per heavy atom. The lowest BCUT2D eigenvalue weighted by Gasteiger charge is -2.20. The number of hydrogen-bond acceptors (Lipinski definition) is 4. The van der Waals surface area contributed by atoms with Gasteiger partial charge in [0.2, 0.25) is 0 Å². The van der Waals surface area contributed by atoms with Gasteiger partial charge in [-0.05, 0) is 20.8 Å². The zero-order chi connectivity index (χ0) is 13.8. The molecule has 3 N–H and O–H groups in total. The van der Waals surface area contributed by atoms with Crippen LogP contribution in [0.2, 0.25) is 0 Å². The number of aromatic nitrogens is 2. The molecule has 0 unspecified atom stereocenters. The molecule has 18 heavy (non-hydrogen) atoms. The Bertz CT molecular complexity index is 403. The summed E-state index contributed by atoms with van der Waals surface area (Å²) in [5.41, 5.74) is 5.73. The highest BCUT2D eigenvalue weighted by Gasteiger charge is 2.10. The van der Waals surface area contributed by atoms with E-state index in [1.54, 1.807) is 11.3 Å². The van der Waals surface area contributed by atoms with Crippen LogP contribution in [0.25, 0.3) is 0 Å². The molecule has 6 heteroatoms. The molecule has 1 aromatic rings. The molecule has 0 radical (unpaired) electrons. The van der Waals surface area contributed by atoms with Gasteiger partial charge in [0.1, 0.15) is 10.0 Å². The molecule has 0 fully saturated rings. The van der Waals surface area contributed by atoms with E-state index < -0.39 is 0 Å². The molecule has 0 bridgehead atoms. The SMILES string of the molecule is CC(C)c1nnc(CCN=C(N)NC(C)(C)C)s1. The van der Waals surface area contributed by atoms with Crippen LogP contribution in [0.5, 0.6) is 0 Å². The molecule has 0 aliphatic carbocycles. The van der Waals surface area contributed by atoms with Gasteiger partial charge in [0.15, 0.2) is 5.96 Å². The molecule has 0 aliphatic heterocycles. The van der Waals surface area contributed by atoms with E-state index in [-0.39, 0.29) is 5.54 Å². The maximum Gasteiger partial charge on any atom is 0.188 e. The maximum absolute atomic E-state index is 5.78. The second kappa shape index (κ2) is 6.13. The summed E-state index contributed by atoms with van der Waals surface area (Å²) in [6, 6.07) is 0. The molecule has 0 saturated carbocycles. The number of rotatable bonds is 4. The third kappa shape index (κ3) is 5.44. The molecule has 0 saturated heterocycles. The highest BCUT2D eigenvalue weighted by molar-refractivity contribution is 7.11. The predicted molar refractivity (Wildman–Crippen MR) is 77.1 cm³/mol. The Balaban J connectivity index is 2.43. The fraction of sp³-hybridized carbons (Fsp3) is 0.750. The topological polar surface area (TPSA) is 76.2 Å². The lowest BCUT2D eigenvalue weighted by Crippen LogP contribution is -2.45. The summed E-state index contributed by atoms with van der Waals surface area (Å²) in [5.74, 6) is 0.920. The smallest absolute Gasteiger partial charge is 0.188 e. The Kier molecular flexibility index (Phi) is 5.07. The third-order valence-electron chi connectivity index (χ3n) is 2.09. The Morgan fingerprint density at radius 1 is 1.39 bits per heavy atom. The van der Waals surface area contributed by atoms with Crippen LogP contribution in [0.3, 0.4) is 0 Å². The van der Waals surface area contributed by atoms with E-state index >= 15 is 0 Å². The van der Waals surface area contributed by atoms with Crippen molar-refractivity contribution in [1.29, 1.82) is 0 Å². The number of nitrogens with one attached hydrogen (secondary N) is 1. The van der Waals surface area contributed by atoms with Gasteiger partial charge < -0.3 is 11.1 Å². The van der Waals surface area contributed by atoms with Crippen molar-refractivity contribution >= 4 is 17.3 Å². The van der Waals surface area contributed by atoms with E-state index in [1.807, 2.05) is 0 Å². The molecule has 0 aromatic carbocycles. The first-order chi connectivity index (χ1) is 8.28. The summed E-state index contributed by atoms with van der Waals surface area (Å²) in [6.07, 6.45) is 0.789. The van der Waals surface area contributed by atoms with Crippen LogP contribution < -0.4 is 11.1 Å². The van der Waals surface area contributed by atoms with Gasteiger partial charge in [-0.1, -0.05) is 13.8 Å². The number of hydrogen-bond donors (Lipinski definition) is 2. The fourth-order valence-corrected chi connectivity index (χ4v) is 2.13. The molecular formula is C12H23N5S. The molecule has 0 spiro atoms. The predicted octanol–water partition coefficient (Wildman–Crippen LogP) is 1.91. The minimum atomic E-state index is -0.0544. The lowest BCUT2D eigenvalue weighted by molar-refractivity contribution is 0.508. The number of aliphatic imine (C=N–C) groups is 1. The van der Waals surface area contributed by atoms with Crippen molar-refractivity contribution in [1.82, 2.24) is 15.5 Å². The maximum atomic E-state index is 5.78. The first-order valence-electron chi connectivity index (χ1n) is 6.18. The lowest BCUT2D eigenvalue weighted by atomic mass is 10.1. The number of guanidine groups is 1. The quantitative estimate of drug-likeness (QED) is 0.646. The Morgan fingerprint density at radius 3 is 2.56 bits per heavy atom. The second-order valence-corrected chi connectivity index (χ2v) is 6.67. The highest BCUT2D eigenvalue weighted by atomic mass is 32.1. The average Bonchev–Trinajstić information content (AvgIpc) is 2.63. The number of nitrogens with two attached hydrogens (primary N) is 1. The minimum Gasteiger partial charge on any atom is -0.370 e. The summed E-state index contributed by atoms with van der Waals surface area (Å²) in [4.78, 5) is 4.28. The minimum absolute atomic E-state index is 0.0544. The summed E-state index contributed by atoms with van der Waals surface area (Å²) in [5, 5.41) is 13.5. The molecule has 102 valence electrons. The molecule has 1 aromatic heterocycles. The van der Waals surface area contributed by atoms with Crippen molar-refractivity contribution in [2.45, 2.75) is 52.5 Å². The van der Waals surface area contributed by atoms with E-state index in [0.717, 1.165) is 16.4 Å². The zero-order valence-corrected chi connectivity index (χ0v) is 12.6. The normalized spacial score (nSPS) is 13.1. The van der Waals surface area contributed by atoms with Crippen LogP contribution in [-0.2, 0) is 6.42 Å². The van der Waals surface area contributed by atoms with Gasteiger partial charge in [0, 0.05) is 24.4 Å². The molecule has 0 aliphatic rings. The monoisotopic (exact) mass is 269 g/mol. The zero-order valence-electron chi connectivity index (χ0n) is 11.8. The van der Waals surface area contributed by atoms with Gasteiger partial charge in [-0.25, -0.2) is 0 Å². The van der Waals surface area contributed by atoms with Crippen molar-refractivity contribution in [3.8, 4) is 0 Å². The summed E-state index contributed by atoms with van der Waals surface area (Å²) < 4.78 is 0. The first kappa shape index (κ1) is 14.9. The molecule has 1 rings (SSSR count). The Hall–Kier alpha value is -1.17. The van der Waals surface area contributed by atoms with Crippen LogP contribution >= 0.6 is 11.3 Å². The Labute approximate surface area is 113 Å².